The Balaban J connectivity index is 1.15. The van der Waals surface area contributed by atoms with Crippen LogP contribution in [0.15, 0.2) is 60.8 Å². The number of halogens is 1. The van der Waals surface area contributed by atoms with Gasteiger partial charge in [0.05, 0.1) is 11.3 Å². The van der Waals surface area contributed by atoms with Crippen LogP contribution >= 0.6 is 0 Å². The van der Waals surface area contributed by atoms with Gasteiger partial charge in [-0.25, -0.2) is 9.37 Å². The summed E-state index contributed by atoms with van der Waals surface area (Å²) in [5, 5.41) is 2.77. The molecule has 3 heterocycles. The third kappa shape index (κ3) is 7.57. The number of benzene rings is 2. The van der Waals surface area contributed by atoms with Crippen LogP contribution in [0.25, 0.3) is 0 Å². The van der Waals surface area contributed by atoms with Crippen LogP contribution in [0.5, 0.6) is 5.88 Å². The zero-order chi connectivity index (χ0) is 29.5. The van der Waals surface area contributed by atoms with Crippen LogP contribution in [-0.4, -0.2) is 68.1 Å². The molecule has 1 N–H and O–H groups in total. The maximum absolute atomic E-state index is 14.2. The predicted octanol–water partition coefficient (Wildman–Crippen LogP) is 5.53. The molecule has 2 fully saturated rings. The number of carbonyl (C=O) groups is 2. The van der Waals surface area contributed by atoms with Gasteiger partial charge in [0.25, 0.3) is 5.91 Å². The quantitative estimate of drug-likeness (QED) is 0.363. The number of likely N-dealkylation sites (tertiary alicyclic amines) is 1. The number of rotatable bonds is 9. The zero-order valence-electron chi connectivity index (χ0n) is 24.5. The Morgan fingerprint density at radius 3 is 2.43 bits per heavy atom. The van der Waals surface area contributed by atoms with E-state index in [1.165, 1.54) is 37.5 Å². The molecule has 2 saturated heterocycles. The van der Waals surface area contributed by atoms with E-state index in [1.807, 2.05) is 55.4 Å². The molecular formula is C33H40FN5O3. The minimum Gasteiger partial charge on any atom is -0.474 e. The summed E-state index contributed by atoms with van der Waals surface area (Å²) < 4.78 is 20.4. The summed E-state index contributed by atoms with van der Waals surface area (Å²) in [6, 6.07) is 16.0. The Labute approximate surface area is 247 Å². The van der Waals surface area contributed by atoms with Gasteiger partial charge in [0.15, 0.2) is 0 Å². The zero-order valence-corrected chi connectivity index (χ0v) is 24.5. The Kier molecular flexibility index (Phi) is 9.56. The number of hydrogen-bond donors (Lipinski definition) is 1. The molecule has 2 aromatic carbocycles. The summed E-state index contributed by atoms with van der Waals surface area (Å²) in [7, 11) is 3.95. The third-order valence-electron chi connectivity index (χ3n) is 8.04. The van der Waals surface area contributed by atoms with Gasteiger partial charge in [-0.1, -0.05) is 12.1 Å². The Morgan fingerprint density at radius 1 is 0.976 bits per heavy atom. The number of aromatic nitrogens is 1. The first-order chi connectivity index (χ1) is 20.4. The third-order valence-corrected chi connectivity index (χ3v) is 8.04. The van der Waals surface area contributed by atoms with Gasteiger partial charge in [-0.15, -0.1) is 0 Å². The summed E-state index contributed by atoms with van der Waals surface area (Å²) in [6.45, 7) is 3.12. The van der Waals surface area contributed by atoms with Crippen molar-refractivity contribution in [3.8, 4) is 5.88 Å². The van der Waals surface area contributed by atoms with E-state index in [-0.39, 0.29) is 35.6 Å². The van der Waals surface area contributed by atoms with Crippen molar-refractivity contribution >= 4 is 28.9 Å². The number of nitrogens with one attached hydrogen (secondary N) is 1. The number of hydrogen-bond acceptors (Lipinski definition) is 6. The van der Waals surface area contributed by atoms with Gasteiger partial charge in [-0.2, -0.15) is 0 Å². The molecule has 0 unspecified atom stereocenters. The number of carbonyl (C=O) groups excluding carboxylic acids is 2. The van der Waals surface area contributed by atoms with Crippen molar-refractivity contribution in [2.24, 2.45) is 0 Å². The lowest BCUT2D eigenvalue weighted by molar-refractivity contribution is -0.116. The highest BCUT2D eigenvalue weighted by Gasteiger charge is 2.27. The Bertz CT molecular complexity index is 1370. The SMILES string of the molecule is CN(C)c1ccc(CCC(=O)Nc2cc(F)ccc2C(=O)N2CCC(Oc3cc(N4CCCCC4)ccn3)CC2)cc1. The van der Waals surface area contributed by atoms with Crippen LogP contribution in [0, 0.1) is 5.82 Å². The maximum atomic E-state index is 14.2. The molecule has 2 aliphatic heterocycles. The first kappa shape index (κ1) is 29.4. The van der Waals surface area contributed by atoms with E-state index >= 15 is 0 Å². The molecule has 2 amide bonds. The molecule has 0 bridgehead atoms. The van der Waals surface area contributed by atoms with Crippen LogP contribution in [-0.2, 0) is 11.2 Å². The second-order valence-electron chi connectivity index (χ2n) is 11.3. The highest BCUT2D eigenvalue weighted by atomic mass is 19.1. The van der Waals surface area contributed by atoms with Crippen LogP contribution in [0.2, 0.25) is 0 Å². The van der Waals surface area contributed by atoms with Crippen LogP contribution in [0.1, 0.15) is 54.4 Å². The molecule has 2 aliphatic rings. The van der Waals surface area contributed by atoms with Gasteiger partial charge < -0.3 is 24.8 Å². The molecule has 0 spiro atoms. The van der Waals surface area contributed by atoms with Crippen molar-refractivity contribution in [1.29, 1.82) is 0 Å². The molecule has 0 aliphatic carbocycles. The van der Waals surface area contributed by atoms with Gasteiger partial charge in [0.1, 0.15) is 11.9 Å². The molecule has 5 rings (SSSR count). The summed E-state index contributed by atoms with van der Waals surface area (Å²) in [4.78, 5) is 36.8. The average Bonchev–Trinajstić information content (AvgIpc) is 3.01. The normalized spacial score (nSPS) is 15.8. The highest BCUT2D eigenvalue weighted by molar-refractivity contribution is 6.03. The van der Waals surface area contributed by atoms with Gasteiger partial charge >= 0.3 is 0 Å². The highest BCUT2D eigenvalue weighted by Crippen LogP contribution is 2.26. The molecule has 42 heavy (non-hydrogen) atoms. The van der Waals surface area contributed by atoms with Crippen molar-refractivity contribution in [1.82, 2.24) is 9.88 Å². The number of anilines is 3. The van der Waals surface area contributed by atoms with Crippen molar-refractivity contribution in [2.45, 2.75) is 51.0 Å². The van der Waals surface area contributed by atoms with E-state index in [0.717, 1.165) is 30.0 Å². The van der Waals surface area contributed by atoms with Gasteiger partial charge in [-0.3, -0.25) is 9.59 Å². The Morgan fingerprint density at radius 2 is 1.71 bits per heavy atom. The first-order valence-corrected chi connectivity index (χ1v) is 14.9. The molecule has 0 saturated carbocycles. The molecule has 222 valence electrons. The lowest BCUT2D eigenvalue weighted by Crippen LogP contribution is -2.42. The largest absolute Gasteiger partial charge is 0.474 e. The smallest absolute Gasteiger partial charge is 0.255 e. The summed E-state index contributed by atoms with van der Waals surface area (Å²) in [5.74, 6) is -0.390. The topological polar surface area (TPSA) is 78.0 Å². The predicted molar refractivity (Wildman–Crippen MR) is 164 cm³/mol. The average molecular weight is 574 g/mol. The fraction of sp³-hybridized carbons (Fsp3) is 0.424. The minimum atomic E-state index is -0.507. The standard InChI is InChI=1S/C33H40FN5O3/c1-37(2)26-10-6-24(7-11-26)8-13-31(40)36-30-22-25(34)9-12-29(30)33(41)39-20-15-28(16-21-39)42-32-23-27(14-17-35-32)38-18-4-3-5-19-38/h6-7,9-12,14,17,22-23,28H,3-5,8,13,15-16,18-21H2,1-2H3,(H,36,40). The van der Waals surface area contributed by atoms with Gasteiger partial charge in [0.2, 0.25) is 11.8 Å². The van der Waals surface area contributed by atoms with E-state index in [1.54, 1.807) is 11.1 Å². The summed E-state index contributed by atoms with van der Waals surface area (Å²) in [5.41, 5.74) is 3.74. The molecule has 0 atom stereocenters. The lowest BCUT2D eigenvalue weighted by atomic mass is 10.0. The van der Waals surface area contributed by atoms with E-state index in [9.17, 15) is 14.0 Å². The summed E-state index contributed by atoms with van der Waals surface area (Å²) >= 11 is 0. The van der Waals surface area contributed by atoms with E-state index in [4.69, 9.17) is 4.74 Å². The maximum Gasteiger partial charge on any atom is 0.255 e. The molecule has 8 nitrogen and oxygen atoms in total. The van der Waals surface area contributed by atoms with Crippen molar-refractivity contribution in [3.05, 3.63) is 77.7 Å². The van der Waals surface area contributed by atoms with Gasteiger partial charge in [-0.05, 0) is 67.6 Å². The molecule has 3 aromatic rings. The summed E-state index contributed by atoms with van der Waals surface area (Å²) in [6.07, 6.45) is 7.53. The number of pyridine rings is 1. The second-order valence-corrected chi connectivity index (χ2v) is 11.3. The van der Waals surface area contributed by atoms with Crippen LogP contribution in [0.3, 0.4) is 0 Å². The lowest BCUT2D eigenvalue weighted by Gasteiger charge is -2.33. The molecule has 1 aromatic heterocycles. The fourth-order valence-corrected chi connectivity index (χ4v) is 5.57. The number of piperidine rings is 2. The number of nitrogens with zero attached hydrogens (tertiary/aromatic N) is 4. The van der Waals surface area contributed by atoms with Crippen molar-refractivity contribution in [3.63, 3.8) is 0 Å². The number of amides is 2. The van der Waals surface area contributed by atoms with Crippen LogP contribution < -0.4 is 19.9 Å². The monoisotopic (exact) mass is 573 g/mol. The minimum absolute atomic E-state index is 0.0441. The Hall–Kier alpha value is -4.14. The van der Waals surface area contributed by atoms with E-state index in [2.05, 4.69) is 15.2 Å². The van der Waals surface area contributed by atoms with Gasteiger partial charge in [0, 0.05) is 83.2 Å². The molecule has 9 heteroatoms. The van der Waals surface area contributed by atoms with Crippen molar-refractivity contribution in [2.75, 3.05) is 55.4 Å². The van der Waals surface area contributed by atoms with E-state index < -0.39 is 5.82 Å². The first-order valence-electron chi connectivity index (χ1n) is 14.9. The number of aryl methyl sites for hydroxylation is 1. The number of ether oxygens (including phenoxy) is 1. The molecule has 0 radical (unpaired) electrons. The molecular weight excluding hydrogens is 533 g/mol. The van der Waals surface area contributed by atoms with E-state index in [0.29, 0.717) is 38.2 Å². The van der Waals surface area contributed by atoms with Crippen molar-refractivity contribution < 1.29 is 18.7 Å². The second kappa shape index (κ2) is 13.7. The fourth-order valence-electron chi connectivity index (χ4n) is 5.57. The van der Waals surface area contributed by atoms with Crippen LogP contribution in [0.4, 0.5) is 21.5 Å².